The number of unbranched alkanes of at least 4 members (excludes halogenated alkanes) is 3. The SMILES string of the molecule is CCCCCC(=O)N(Cc1ccc(C#Cc2ccc(CCCC)cc2)cc1)c1ccc([O-])c(C(=O)O)c1. The van der Waals surface area contributed by atoms with Crippen LogP contribution in [0.25, 0.3) is 0 Å². The fraction of sp³-hybridized carbons (Fsp3) is 0.312. The van der Waals surface area contributed by atoms with Crippen LogP contribution < -0.4 is 10.0 Å². The summed E-state index contributed by atoms with van der Waals surface area (Å²) in [7, 11) is 0. The monoisotopic (exact) mass is 496 g/mol. The molecule has 0 radical (unpaired) electrons. The highest BCUT2D eigenvalue weighted by Crippen LogP contribution is 2.25. The van der Waals surface area contributed by atoms with E-state index in [2.05, 4.69) is 37.8 Å². The lowest BCUT2D eigenvalue weighted by atomic mass is 10.1. The number of anilines is 1. The van der Waals surface area contributed by atoms with Crippen molar-refractivity contribution in [2.75, 3.05) is 4.90 Å². The van der Waals surface area contributed by atoms with Gasteiger partial charge in [0.2, 0.25) is 5.91 Å². The van der Waals surface area contributed by atoms with E-state index >= 15 is 0 Å². The highest BCUT2D eigenvalue weighted by atomic mass is 16.4. The summed E-state index contributed by atoms with van der Waals surface area (Å²) in [6.07, 6.45) is 6.49. The van der Waals surface area contributed by atoms with Crippen LogP contribution in [0.4, 0.5) is 5.69 Å². The normalized spacial score (nSPS) is 10.4. The number of aromatic carboxylic acids is 1. The summed E-state index contributed by atoms with van der Waals surface area (Å²) in [5.74, 6) is 4.41. The molecular formula is C32H34NO4-. The van der Waals surface area contributed by atoms with Gasteiger partial charge in [0, 0.05) is 23.2 Å². The first-order valence-corrected chi connectivity index (χ1v) is 13.0. The molecule has 0 aliphatic heterocycles. The van der Waals surface area contributed by atoms with Gasteiger partial charge in [-0.2, -0.15) is 0 Å². The molecule has 3 rings (SSSR count). The minimum absolute atomic E-state index is 0.102. The number of aryl methyl sites for hydroxylation is 1. The van der Waals surface area contributed by atoms with Crippen molar-refractivity contribution in [2.45, 2.75) is 65.3 Å². The molecule has 37 heavy (non-hydrogen) atoms. The van der Waals surface area contributed by atoms with Gasteiger partial charge in [-0.3, -0.25) is 4.79 Å². The maximum atomic E-state index is 13.1. The van der Waals surface area contributed by atoms with Crippen LogP contribution in [0.2, 0.25) is 0 Å². The average molecular weight is 497 g/mol. The molecule has 0 saturated heterocycles. The van der Waals surface area contributed by atoms with Crippen molar-refractivity contribution in [2.24, 2.45) is 0 Å². The number of carboxylic acids is 1. The predicted octanol–water partition coefficient (Wildman–Crippen LogP) is 6.31. The van der Waals surface area contributed by atoms with Gasteiger partial charge in [-0.25, -0.2) is 4.79 Å². The maximum Gasteiger partial charge on any atom is 0.335 e. The molecule has 0 aliphatic carbocycles. The van der Waals surface area contributed by atoms with Gasteiger partial charge in [0.25, 0.3) is 0 Å². The number of carbonyl (C=O) groups is 2. The Bertz CT molecular complexity index is 1250. The van der Waals surface area contributed by atoms with Crippen molar-refractivity contribution in [3.05, 3.63) is 94.5 Å². The molecule has 3 aromatic carbocycles. The lowest BCUT2D eigenvalue weighted by Crippen LogP contribution is -2.30. The van der Waals surface area contributed by atoms with Crippen LogP contribution in [0.15, 0.2) is 66.7 Å². The van der Waals surface area contributed by atoms with Gasteiger partial charge in [-0.05, 0) is 66.8 Å². The Balaban J connectivity index is 1.76. The number of carbonyl (C=O) groups excluding carboxylic acids is 1. The van der Waals surface area contributed by atoms with Crippen LogP contribution in [-0.2, 0) is 17.8 Å². The Hall–Kier alpha value is -4.04. The van der Waals surface area contributed by atoms with Gasteiger partial charge >= 0.3 is 5.97 Å². The molecule has 1 amide bonds. The number of rotatable bonds is 11. The van der Waals surface area contributed by atoms with Crippen molar-refractivity contribution in [3.63, 3.8) is 0 Å². The van der Waals surface area contributed by atoms with Crippen molar-refractivity contribution in [1.82, 2.24) is 0 Å². The second-order valence-electron chi connectivity index (χ2n) is 9.17. The van der Waals surface area contributed by atoms with E-state index in [1.165, 1.54) is 36.6 Å². The van der Waals surface area contributed by atoms with Gasteiger partial charge in [0.05, 0.1) is 12.1 Å². The summed E-state index contributed by atoms with van der Waals surface area (Å²) in [5.41, 5.74) is 4.11. The Labute approximate surface area is 219 Å². The maximum absolute atomic E-state index is 13.1. The number of benzene rings is 3. The number of nitrogens with zero attached hydrogens (tertiary/aromatic N) is 1. The first-order valence-electron chi connectivity index (χ1n) is 13.0. The standard InChI is InChI=1S/C32H35NO4/c1-3-5-7-9-31(35)33(28-20-21-30(34)29(22-28)32(36)37)23-27-18-16-26(17-19-27)15-14-25-12-10-24(11-13-25)8-6-4-2/h10-13,16-22,34H,3-9,23H2,1-2H3,(H,36,37)/p-1. The van der Waals surface area contributed by atoms with Gasteiger partial charge in [0.1, 0.15) is 0 Å². The van der Waals surface area contributed by atoms with E-state index in [1.807, 2.05) is 36.4 Å². The van der Waals surface area contributed by atoms with Gasteiger partial charge in [-0.15, -0.1) is 0 Å². The van der Waals surface area contributed by atoms with Gasteiger partial charge < -0.3 is 15.1 Å². The number of hydrogen-bond donors (Lipinski definition) is 1. The fourth-order valence-corrected chi connectivity index (χ4v) is 3.99. The van der Waals surface area contributed by atoms with E-state index in [0.717, 1.165) is 42.4 Å². The topological polar surface area (TPSA) is 80.7 Å². The third kappa shape index (κ3) is 8.25. The molecule has 0 unspecified atom stereocenters. The molecular weight excluding hydrogens is 462 g/mol. The van der Waals surface area contributed by atoms with Gasteiger partial charge in [0.15, 0.2) is 0 Å². The number of amides is 1. The Morgan fingerprint density at radius 3 is 1.97 bits per heavy atom. The van der Waals surface area contributed by atoms with Crippen molar-refractivity contribution in [3.8, 4) is 17.6 Å². The van der Waals surface area contributed by atoms with Crippen LogP contribution in [0.5, 0.6) is 5.75 Å². The Morgan fingerprint density at radius 2 is 1.41 bits per heavy atom. The summed E-state index contributed by atoms with van der Waals surface area (Å²) in [5, 5.41) is 21.3. The zero-order valence-corrected chi connectivity index (χ0v) is 21.6. The zero-order valence-electron chi connectivity index (χ0n) is 21.6. The fourth-order valence-electron chi connectivity index (χ4n) is 3.99. The van der Waals surface area contributed by atoms with Crippen molar-refractivity contribution < 1.29 is 19.8 Å². The molecule has 1 N–H and O–H groups in total. The summed E-state index contributed by atoms with van der Waals surface area (Å²) >= 11 is 0. The van der Waals surface area contributed by atoms with Crippen LogP contribution in [0.3, 0.4) is 0 Å². The molecule has 0 saturated carbocycles. The van der Waals surface area contributed by atoms with Crippen LogP contribution in [0.1, 0.15) is 85.0 Å². The van der Waals surface area contributed by atoms with Crippen molar-refractivity contribution in [1.29, 1.82) is 0 Å². The lowest BCUT2D eigenvalue weighted by molar-refractivity contribution is -0.268. The predicted molar refractivity (Wildman–Crippen MR) is 146 cm³/mol. The zero-order chi connectivity index (χ0) is 26.6. The van der Waals surface area contributed by atoms with E-state index in [1.54, 1.807) is 4.90 Å². The minimum Gasteiger partial charge on any atom is -0.872 e. The Kier molecular flexibility index (Phi) is 10.3. The summed E-state index contributed by atoms with van der Waals surface area (Å²) in [4.78, 5) is 26.1. The third-order valence-electron chi connectivity index (χ3n) is 6.22. The first kappa shape index (κ1) is 27.5. The summed E-state index contributed by atoms with van der Waals surface area (Å²) in [6, 6.07) is 20.0. The molecule has 0 atom stereocenters. The minimum atomic E-state index is -1.30. The number of hydrogen-bond acceptors (Lipinski definition) is 3. The van der Waals surface area contributed by atoms with Crippen LogP contribution in [0, 0.1) is 11.8 Å². The molecule has 0 spiro atoms. The second-order valence-corrected chi connectivity index (χ2v) is 9.17. The molecule has 0 aromatic heterocycles. The van der Waals surface area contributed by atoms with Crippen LogP contribution >= 0.6 is 0 Å². The highest BCUT2D eigenvalue weighted by molar-refractivity contribution is 5.96. The van der Waals surface area contributed by atoms with E-state index in [0.29, 0.717) is 12.1 Å². The van der Waals surface area contributed by atoms with E-state index in [9.17, 15) is 19.8 Å². The molecule has 0 heterocycles. The molecule has 192 valence electrons. The first-order chi connectivity index (χ1) is 17.9. The smallest absolute Gasteiger partial charge is 0.335 e. The van der Waals surface area contributed by atoms with Crippen LogP contribution in [-0.4, -0.2) is 17.0 Å². The summed E-state index contributed by atoms with van der Waals surface area (Å²) < 4.78 is 0. The molecule has 0 bridgehead atoms. The summed E-state index contributed by atoms with van der Waals surface area (Å²) in [6.45, 7) is 4.53. The third-order valence-corrected chi connectivity index (χ3v) is 6.22. The molecule has 0 aliphatic rings. The molecule has 0 fully saturated rings. The second kappa shape index (κ2) is 13.9. The van der Waals surface area contributed by atoms with E-state index in [-0.39, 0.29) is 18.0 Å². The Morgan fingerprint density at radius 1 is 0.811 bits per heavy atom. The molecule has 5 heteroatoms. The van der Waals surface area contributed by atoms with Gasteiger partial charge in [-0.1, -0.05) is 81.0 Å². The van der Waals surface area contributed by atoms with Crippen molar-refractivity contribution >= 4 is 17.6 Å². The molecule has 5 nitrogen and oxygen atoms in total. The lowest BCUT2D eigenvalue weighted by Gasteiger charge is -2.25. The van der Waals surface area contributed by atoms with E-state index < -0.39 is 11.7 Å². The quantitative estimate of drug-likeness (QED) is 0.249. The highest BCUT2D eigenvalue weighted by Gasteiger charge is 2.18. The van der Waals surface area contributed by atoms with E-state index in [4.69, 9.17) is 0 Å². The molecule has 3 aromatic rings. The number of carboxylic acid groups (broad SMARTS) is 1. The average Bonchev–Trinajstić information content (AvgIpc) is 2.91. The largest absolute Gasteiger partial charge is 0.872 e.